The molecule has 0 N–H and O–H groups in total. The van der Waals surface area contributed by atoms with Gasteiger partial charge in [-0.2, -0.15) is 4.98 Å². The number of aromatic nitrogens is 1. The number of hydrogen-bond acceptors (Lipinski definition) is 5. The van der Waals surface area contributed by atoms with E-state index in [4.69, 9.17) is 4.42 Å². The Kier molecular flexibility index (Phi) is 6.43. The highest BCUT2D eigenvalue weighted by molar-refractivity contribution is 7.91. The fourth-order valence-corrected chi connectivity index (χ4v) is 5.83. The van der Waals surface area contributed by atoms with Gasteiger partial charge in [-0.1, -0.05) is 48.0 Å². The molecule has 0 spiro atoms. The van der Waals surface area contributed by atoms with Gasteiger partial charge in [-0.15, -0.1) is 0 Å². The van der Waals surface area contributed by atoms with Crippen LogP contribution in [0, 0.1) is 18.7 Å². The monoisotopic (exact) mass is 490 g/mol. The number of hydrogen-bond donors (Lipinski definition) is 0. The SMILES string of the molecule is Cc1ccc(-c2nc(S(=O)(=O)c3ccc(F)cc3)c(N3CCC(Cc4ccccc4)CC3)o2)cc1. The minimum atomic E-state index is -4.01. The first-order chi connectivity index (χ1) is 16.9. The quantitative estimate of drug-likeness (QED) is 0.307. The van der Waals surface area contributed by atoms with E-state index in [9.17, 15) is 12.8 Å². The Bertz CT molecular complexity index is 1390. The van der Waals surface area contributed by atoms with Crippen molar-refractivity contribution in [2.24, 2.45) is 5.92 Å². The molecule has 0 radical (unpaired) electrons. The molecule has 0 amide bonds. The third-order valence-electron chi connectivity index (χ3n) is 6.53. The Morgan fingerprint density at radius 2 is 1.60 bits per heavy atom. The van der Waals surface area contributed by atoms with Crippen molar-refractivity contribution in [1.29, 1.82) is 0 Å². The minimum Gasteiger partial charge on any atom is -0.419 e. The van der Waals surface area contributed by atoms with E-state index in [0.29, 0.717) is 24.6 Å². The van der Waals surface area contributed by atoms with Crippen LogP contribution >= 0.6 is 0 Å². The van der Waals surface area contributed by atoms with Gasteiger partial charge in [0.25, 0.3) is 0 Å². The number of piperidine rings is 1. The third kappa shape index (κ3) is 5.00. The van der Waals surface area contributed by atoms with Gasteiger partial charge in [-0.3, -0.25) is 0 Å². The van der Waals surface area contributed by atoms with Crippen molar-refractivity contribution in [3.05, 3.63) is 95.8 Å². The Hall–Kier alpha value is -3.45. The predicted octanol–water partition coefficient (Wildman–Crippen LogP) is 6.08. The van der Waals surface area contributed by atoms with E-state index in [1.165, 1.54) is 17.7 Å². The molecule has 35 heavy (non-hydrogen) atoms. The van der Waals surface area contributed by atoms with Crippen LogP contribution in [0.3, 0.4) is 0 Å². The Morgan fingerprint density at radius 1 is 0.943 bits per heavy atom. The van der Waals surface area contributed by atoms with Crippen LogP contribution in [-0.4, -0.2) is 26.5 Å². The van der Waals surface area contributed by atoms with Crippen LogP contribution in [0.25, 0.3) is 11.5 Å². The molecule has 1 aromatic heterocycles. The number of halogens is 1. The normalized spacial score (nSPS) is 14.9. The topological polar surface area (TPSA) is 63.4 Å². The van der Waals surface area contributed by atoms with E-state index in [2.05, 4.69) is 29.2 Å². The van der Waals surface area contributed by atoms with Gasteiger partial charge < -0.3 is 9.32 Å². The van der Waals surface area contributed by atoms with Crippen molar-refractivity contribution >= 4 is 15.7 Å². The highest BCUT2D eigenvalue weighted by Crippen LogP contribution is 2.37. The van der Waals surface area contributed by atoms with E-state index in [-0.39, 0.29) is 21.7 Å². The molecule has 1 aliphatic rings. The highest BCUT2D eigenvalue weighted by atomic mass is 32.2. The van der Waals surface area contributed by atoms with Crippen molar-refractivity contribution in [3.63, 3.8) is 0 Å². The summed E-state index contributed by atoms with van der Waals surface area (Å²) in [6.07, 6.45) is 2.84. The molecular formula is C28H27FN2O3S. The molecular weight excluding hydrogens is 463 g/mol. The predicted molar refractivity (Wildman–Crippen MR) is 134 cm³/mol. The van der Waals surface area contributed by atoms with Gasteiger partial charge in [0.2, 0.25) is 26.6 Å². The zero-order valence-electron chi connectivity index (χ0n) is 19.5. The van der Waals surface area contributed by atoms with Gasteiger partial charge in [0.05, 0.1) is 4.90 Å². The number of anilines is 1. The lowest BCUT2D eigenvalue weighted by Crippen LogP contribution is -2.34. The molecule has 0 bridgehead atoms. The largest absolute Gasteiger partial charge is 0.419 e. The number of aryl methyl sites for hydroxylation is 1. The number of sulfone groups is 1. The Balaban J connectivity index is 1.46. The molecule has 1 aliphatic heterocycles. The fraction of sp³-hybridized carbons (Fsp3) is 0.250. The first-order valence-corrected chi connectivity index (χ1v) is 13.3. The lowest BCUT2D eigenvalue weighted by atomic mass is 9.90. The Labute approximate surface area is 205 Å². The molecule has 5 nitrogen and oxygen atoms in total. The fourth-order valence-electron chi connectivity index (χ4n) is 4.51. The van der Waals surface area contributed by atoms with Crippen molar-refractivity contribution < 1.29 is 17.2 Å². The number of rotatable bonds is 6. The number of benzene rings is 3. The van der Waals surface area contributed by atoms with Crippen LogP contribution in [0.4, 0.5) is 10.3 Å². The summed E-state index contributed by atoms with van der Waals surface area (Å²) >= 11 is 0. The molecule has 5 rings (SSSR count). The van der Waals surface area contributed by atoms with Gasteiger partial charge in [-0.25, -0.2) is 12.8 Å². The average molecular weight is 491 g/mol. The third-order valence-corrected chi connectivity index (χ3v) is 8.19. The van der Waals surface area contributed by atoms with E-state index in [1.807, 2.05) is 42.2 Å². The zero-order valence-corrected chi connectivity index (χ0v) is 20.3. The molecule has 0 saturated carbocycles. The van der Waals surface area contributed by atoms with Gasteiger partial charge in [0.1, 0.15) is 5.82 Å². The smallest absolute Gasteiger partial charge is 0.236 e. The molecule has 1 saturated heterocycles. The van der Waals surface area contributed by atoms with Gasteiger partial charge in [0.15, 0.2) is 0 Å². The number of oxazole rings is 1. The van der Waals surface area contributed by atoms with Gasteiger partial charge in [0, 0.05) is 18.7 Å². The Morgan fingerprint density at radius 3 is 2.26 bits per heavy atom. The maximum absolute atomic E-state index is 13.5. The molecule has 0 aliphatic carbocycles. The average Bonchev–Trinajstić information content (AvgIpc) is 3.32. The second-order valence-corrected chi connectivity index (χ2v) is 10.9. The second-order valence-electron chi connectivity index (χ2n) is 9.07. The molecule has 7 heteroatoms. The van der Waals surface area contributed by atoms with E-state index in [1.54, 1.807) is 0 Å². The second kappa shape index (κ2) is 9.66. The molecule has 0 atom stereocenters. The lowest BCUT2D eigenvalue weighted by molar-refractivity contribution is 0.387. The maximum Gasteiger partial charge on any atom is 0.236 e. The van der Waals surface area contributed by atoms with Crippen molar-refractivity contribution in [1.82, 2.24) is 4.98 Å². The molecule has 3 aromatic carbocycles. The number of nitrogens with zero attached hydrogens (tertiary/aromatic N) is 2. The van der Waals surface area contributed by atoms with E-state index >= 15 is 0 Å². The first-order valence-electron chi connectivity index (χ1n) is 11.8. The molecule has 1 fully saturated rings. The summed E-state index contributed by atoms with van der Waals surface area (Å²) in [5, 5.41) is -0.124. The molecule has 0 unspecified atom stereocenters. The summed E-state index contributed by atoms with van der Waals surface area (Å²) in [6.45, 7) is 3.33. The zero-order chi connectivity index (χ0) is 24.4. The van der Waals surface area contributed by atoms with Crippen LogP contribution in [0.15, 0.2) is 93.2 Å². The lowest BCUT2D eigenvalue weighted by Gasteiger charge is -2.32. The van der Waals surface area contributed by atoms with Crippen LogP contribution < -0.4 is 4.90 Å². The molecule has 4 aromatic rings. The maximum atomic E-state index is 13.5. The first kappa shape index (κ1) is 23.3. The summed E-state index contributed by atoms with van der Waals surface area (Å²) in [5.74, 6) is 0.533. The van der Waals surface area contributed by atoms with Gasteiger partial charge in [-0.05, 0) is 74.1 Å². The summed E-state index contributed by atoms with van der Waals surface area (Å²) in [4.78, 5) is 6.42. The summed E-state index contributed by atoms with van der Waals surface area (Å²) in [5.41, 5.74) is 3.10. The van der Waals surface area contributed by atoms with Crippen LogP contribution in [0.2, 0.25) is 0 Å². The van der Waals surface area contributed by atoms with Gasteiger partial charge >= 0.3 is 0 Å². The van der Waals surface area contributed by atoms with Crippen LogP contribution in [0.1, 0.15) is 24.0 Å². The van der Waals surface area contributed by atoms with Crippen molar-refractivity contribution in [2.45, 2.75) is 36.1 Å². The molecule has 2 heterocycles. The van der Waals surface area contributed by atoms with Crippen molar-refractivity contribution in [3.8, 4) is 11.5 Å². The van der Waals surface area contributed by atoms with Crippen molar-refractivity contribution in [2.75, 3.05) is 18.0 Å². The molecule has 180 valence electrons. The van der Waals surface area contributed by atoms with E-state index < -0.39 is 15.7 Å². The summed E-state index contributed by atoms with van der Waals surface area (Å²) < 4.78 is 46.7. The summed E-state index contributed by atoms with van der Waals surface area (Å²) in [7, 11) is -4.01. The standard InChI is InChI=1S/C28H27FN2O3S/c1-20-7-9-23(10-8-20)26-30-27(35(32,33)25-13-11-24(29)12-14-25)28(34-26)31-17-15-22(16-18-31)19-21-5-3-2-4-6-21/h2-14,22H,15-19H2,1H3. The highest BCUT2D eigenvalue weighted by Gasteiger charge is 2.33. The van der Waals surface area contributed by atoms with Crippen LogP contribution in [0.5, 0.6) is 0 Å². The van der Waals surface area contributed by atoms with Crippen LogP contribution in [-0.2, 0) is 16.3 Å². The summed E-state index contributed by atoms with van der Waals surface area (Å²) in [6, 6.07) is 22.8. The van der Waals surface area contributed by atoms with E-state index in [0.717, 1.165) is 37.0 Å². The minimum absolute atomic E-state index is 0.0112.